The summed E-state index contributed by atoms with van der Waals surface area (Å²) in [6, 6.07) is 10.5. The number of thioether (sulfide) groups is 1. The number of rotatable bonds is 6. The van der Waals surface area contributed by atoms with Crippen molar-refractivity contribution in [1.82, 2.24) is 4.98 Å². The highest BCUT2D eigenvalue weighted by molar-refractivity contribution is 8.00. The third kappa shape index (κ3) is 5.08. The summed E-state index contributed by atoms with van der Waals surface area (Å²) in [6.45, 7) is 5.51. The van der Waals surface area contributed by atoms with E-state index < -0.39 is 0 Å². The second-order valence-corrected chi connectivity index (χ2v) is 7.46. The van der Waals surface area contributed by atoms with Gasteiger partial charge in [0.1, 0.15) is 0 Å². The first-order chi connectivity index (χ1) is 11.4. The lowest BCUT2D eigenvalue weighted by molar-refractivity contribution is -0.118. The molecular formula is C18H19ClN2O2S. The van der Waals surface area contributed by atoms with Gasteiger partial charge in [0.2, 0.25) is 5.91 Å². The van der Waals surface area contributed by atoms with Gasteiger partial charge in [-0.1, -0.05) is 37.2 Å². The van der Waals surface area contributed by atoms with Gasteiger partial charge in [0.15, 0.2) is 5.78 Å². The van der Waals surface area contributed by atoms with Gasteiger partial charge in [-0.25, -0.2) is 4.98 Å². The summed E-state index contributed by atoms with van der Waals surface area (Å²) in [4.78, 5) is 28.4. The maximum absolute atomic E-state index is 12.5. The third-order valence-corrected chi connectivity index (χ3v) is 4.60. The largest absolute Gasteiger partial charge is 0.326 e. The summed E-state index contributed by atoms with van der Waals surface area (Å²) in [7, 11) is 0. The highest BCUT2D eigenvalue weighted by Crippen LogP contribution is 2.25. The highest BCUT2D eigenvalue weighted by atomic mass is 35.5. The Morgan fingerprint density at radius 3 is 2.29 bits per heavy atom. The first-order valence-electron chi connectivity index (χ1n) is 7.60. The lowest BCUT2D eigenvalue weighted by atomic mass is 10.1. The maximum Gasteiger partial charge on any atom is 0.226 e. The summed E-state index contributed by atoms with van der Waals surface area (Å²) in [5.41, 5.74) is 1.29. The molecule has 4 nitrogen and oxygen atoms in total. The topological polar surface area (TPSA) is 59.1 Å². The van der Waals surface area contributed by atoms with Gasteiger partial charge in [-0.15, -0.1) is 0 Å². The van der Waals surface area contributed by atoms with Crippen LogP contribution in [-0.2, 0) is 4.79 Å². The first-order valence-corrected chi connectivity index (χ1v) is 8.86. The molecule has 0 saturated heterocycles. The average molecular weight is 363 g/mol. The number of carbonyl (C=O) groups is 2. The van der Waals surface area contributed by atoms with Crippen LogP contribution in [-0.4, -0.2) is 21.9 Å². The van der Waals surface area contributed by atoms with Crippen LogP contribution < -0.4 is 5.32 Å². The van der Waals surface area contributed by atoms with Gasteiger partial charge in [0.05, 0.1) is 15.3 Å². The molecule has 126 valence electrons. The van der Waals surface area contributed by atoms with Crippen molar-refractivity contribution in [2.24, 2.45) is 5.92 Å². The van der Waals surface area contributed by atoms with E-state index in [2.05, 4.69) is 10.3 Å². The lowest BCUT2D eigenvalue weighted by Crippen LogP contribution is -2.18. The van der Waals surface area contributed by atoms with Crippen molar-refractivity contribution in [2.45, 2.75) is 31.0 Å². The third-order valence-electron chi connectivity index (χ3n) is 3.33. The van der Waals surface area contributed by atoms with Crippen LogP contribution in [0.15, 0.2) is 47.6 Å². The normalized spacial score (nSPS) is 12.0. The lowest BCUT2D eigenvalue weighted by Gasteiger charge is -2.11. The van der Waals surface area contributed by atoms with E-state index in [1.54, 1.807) is 42.6 Å². The van der Waals surface area contributed by atoms with E-state index >= 15 is 0 Å². The zero-order chi connectivity index (χ0) is 17.7. The summed E-state index contributed by atoms with van der Waals surface area (Å²) in [5, 5.41) is 3.85. The Morgan fingerprint density at radius 2 is 1.75 bits per heavy atom. The van der Waals surface area contributed by atoms with E-state index in [1.165, 1.54) is 11.8 Å². The zero-order valence-corrected chi connectivity index (χ0v) is 15.3. The number of hydrogen-bond acceptors (Lipinski definition) is 4. The van der Waals surface area contributed by atoms with E-state index in [9.17, 15) is 9.59 Å². The van der Waals surface area contributed by atoms with Crippen molar-refractivity contribution >= 4 is 40.7 Å². The van der Waals surface area contributed by atoms with Crippen molar-refractivity contribution < 1.29 is 9.59 Å². The van der Waals surface area contributed by atoms with Crippen LogP contribution in [0.4, 0.5) is 5.69 Å². The van der Waals surface area contributed by atoms with E-state index in [-0.39, 0.29) is 22.9 Å². The van der Waals surface area contributed by atoms with Crippen molar-refractivity contribution in [2.75, 3.05) is 5.32 Å². The van der Waals surface area contributed by atoms with Crippen LogP contribution in [0.25, 0.3) is 0 Å². The summed E-state index contributed by atoms with van der Waals surface area (Å²) >= 11 is 7.19. The number of carbonyl (C=O) groups excluding carboxylic acids is 2. The number of halogens is 1. The number of benzene rings is 1. The van der Waals surface area contributed by atoms with Gasteiger partial charge in [-0.3, -0.25) is 9.59 Å². The van der Waals surface area contributed by atoms with Gasteiger partial charge in [-0.05, 0) is 43.3 Å². The Kier molecular flexibility index (Phi) is 6.40. The minimum atomic E-state index is -0.269. The van der Waals surface area contributed by atoms with Gasteiger partial charge in [0, 0.05) is 23.4 Å². The summed E-state index contributed by atoms with van der Waals surface area (Å²) in [5.74, 6) is -0.125. The standard InChI is InChI=1S/C18H19ClN2O2S/c1-11(2)18(23)21-15-7-4-13(5-8-15)17(22)12(3)24-16-9-6-14(19)10-20-16/h4-12H,1-3H3,(H,21,23). The molecule has 0 aliphatic rings. The highest BCUT2D eigenvalue weighted by Gasteiger charge is 2.17. The molecule has 0 aliphatic heterocycles. The smallest absolute Gasteiger partial charge is 0.226 e. The van der Waals surface area contributed by atoms with Crippen LogP contribution in [0.1, 0.15) is 31.1 Å². The van der Waals surface area contributed by atoms with Crippen LogP contribution in [0.2, 0.25) is 5.02 Å². The van der Waals surface area contributed by atoms with Crippen molar-refractivity contribution in [3.05, 3.63) is 53.2 Å². The molecule has 1 unspecified atom stereocenters. The predicted octanol–water partition coefficient (Wildman–Crippen LogP) is 4.69. The minimum Gasteiger partial charge on any atom is -0.326 e. The second kappa shape index (κ2) is 8.31. The number of ketones is 1. The molecule has 1 atom stereocenters. The number of amides is 1. The molecule has 0 bridgehead atoms. The molecule has 0 saturated carbocycles. The van der Waals surface area contributed by atoms with Crippen molar-refractivity contribution in [3.63, 3.8) is 0 Å². The van der Waals surface area contributed by atoms with Gasteiger partial charge >= 0.3 is 0 Å². The first kappa shape index (κ1) is 18.5. The minimum absolute atomic E-state index is 0.0125. The number of nitrogens with one attached hydrogen (secondary N) is 1. The fraction of sp³-hybridized carbons (Fsp3) is 0.278. The van der Waals surface area contributed by atoms with E-state index in [0.717, 1.165) is 5.03 Å². The van der Waals surface area contributed by atoms with Gasteiger partial charge in [0.25, 0.3) is 0 Å². The van der Waals surface area contributed by atoms with E-state index in [1.807, 2.05) is 20.8 Å². The molecular weight excluding hydrogens is 344 g/mol. The summed E-state index contributed by atoms with van der Waals surface area (Å²) < 4.78 is 0. The Balaban J connectivity index is 2.01. The number of pyridine rings is 1. The Bertz CT molecular complexity index is 715. The van der Waals surface area contributed by atoms with E-state index in [4.69, 9.17) is 11.6 Å². The Morgan fingerprint density at radius 1 is 1.08 bits per heavy atom. The molecule has 0 fully saturated rings. The summed E-state index contributed by atoms with van der Waals surface area (Å²) in [6.07, 6.45) is 1.56. The molecule has 6 heteroatoms. The monoisotopic (exact) mass is 362 g/mol. The fourth-order valence-electron chi connectivity index (χ4n) is 1.91. The number of aromatic nitrogens is 1. The molecule has 0 spiro atoms. The molecule has 1 aromatic carbocycles. The van der Waals surface area contributed by atoms with Crippen LogP contribution in [0, 0.1) is 5.92 Å². The number of Topliss-reactive ketones (excluding diaryl/α,β-unsaturated/α-hetero) is 1. The molecule has 0 aliphatic carbocycles. The quantitative estimate of drug-likeness (QED) is 0.598. The molecule has 1 heterocycles. The van der Waals surface area contributed by atoms with Crippen molar-refractivity contribution in [1.29, 1.82) is 0 Å². The van der Waals surface area contributed by atoms with Crippen LogP contribution >= 0.6 is 23.4 Å². The molecule has 2 aromatic rings. The molecule has 24 heavy (non-hydrogen) atoms. The number of nitrogens with zero attached hydrogens (tertiary/aromatic N) is 1. The van der Waals surface area contributed by atoms with Gasteiger partial charge in [-0.2, -0.15) is 0 Å². The van der Waals surface area contributed by atoms with Crippen LogP contribution in [0.3, 0.4) is 0 Å². The average Bonchev–Trinajstić information content (AvgIpc) is 2.56. The maximum atomic E-state index is 12.5. The Hall–Kier alpha value is -1.85. The predicted molar refractivity (Wildman–Crippen MR) is 98.8 cm³/mol. The Labute approximate surface area is 151 Å². The molecule has 1 aromatic heterocycles. The van der Waals surface area contributed by atoms with E-state index in [0.29, 0.717) is 16.3 Å². The van der Waals surface area contributed by atoms with Gasteiger partial charge < -0.3 is 5.32 Å². The van der Waals surface area contributed by atoms with Crippen LogP contribution in [0.5, 0.6) is 0 Å². The second-order valence-electron chi connectivity index (χ2n) is 5.66. The number of hydrogen-bond donors (Lipinski definition) is 1. The number of anilines is 1. The molecule has 1 amide bonds. The molecule has 1 N–H and O–H groups in total. The SMILES string of the molecule is CC(C)C(=O)Nc1ccc(C(=O)C(C)Sc2ccc(Cl)cn2)cc1. The molecule has 2 rings (SSSR count). The zero-order valence-electron chi connectivity index (χ0n) is 13.7. The fourth-order valence-corrected chi connectivity index (χ4v) is 2.88. The van der Waals surface area contributed by atoms with Crippen molar-refractivity contribution in [3.8, 4) is 0 Å². The molecule has 0 radical (unpaired) electrons.